The van der Waals surface area contributed by atoms with E-state index in [1.807, 2.05) is 27.7 Å². The molecule has 1 saturated heterocycles. The third kappa shape index (κ3) is 5.07. The first kappa shape index (κ1) is 32.4. The highest BCUT2D eigenvalue weighted by molar-refractivity contribution is 5.66. The number of hydrogen-bond donors (Lipinski definition) is 0. The molecule has 11 nitrogen and oxygen atoms in total. The van der Waals surface area contributed by atoms with Crippen LogP contribution in [-0.2, 0) is 27.1 Å². The molecule has 5 atom stereocenters. The number of rotatable bonds is 11. The predicted octanol–water partition coefficient (Wildman–Crippen LogP) is 4.76. The molecule has 11 heteroatoms. The first-order valence-electron chi connectivity index (χ1n) is 15.7. The third-order valence-electron chi connectivity index (χ3n) is 9.99. The first-order valence-corrected chi connectivity index (χ1v) is 15.7. The molecule has 248 valence electrons. The van der Waals surface area contributed by atoms with Crippen molar-refractivity contribution in [1.29, 1.82) is 5.26 Å². The lowest BCUT2D eigenvalue weighted by atomic mass is 9.71. The molecule has 1 fully saturated rings. The van der Waals surface area contributed by atoms with E-state index < -0.39 is 11.8 Å². The van der Waals surface area contributed by atoms with E-state index >= 15 is 0 Å². The smallest absolute Gasteiger partial charge is 0.231 e. The lowest BCUT2D eigenvalue weighted by Gasteiger charge is -2.60. The van der Waals surface area contributed by atoms with Gasteiger partial charge in [0.25, 0.3) is 0 Å². The normalized spacial score (nSPS) is 24.8. The summed E-state index contributed by atoms with van der Waals surface area (Å²) in [6.07, 6.45) is 2.99. The molecule has 2 bridgehead atoms. The fourth-order valence-corrected chi connectivity index (χ4v) is 7.90. The Hall–Kier alpha value is -3.53. The molecule has 0 radical (unpaired) electrons. The van der Waals surface area contributed by atoms with E-state index in [1.54, 1.807) is 27.4 Å². The Morgan fingerprint density at radius 1 is 1.04 bits per heavy atom. The molecule has 0 aromatic heterocycles. The molecular weight excluding hydrogens is 590 g/mol. The van der Waals surface area contributed by atoms with Crippen LogP contribution in [0.25, 0.3) is 0 Å². The molecular formula is C35H45N3O8. The molecule has 6 rings (SSSR count). The monoisotopic (exact) mass is 635 g/mol. The van der Waals surface area contributed by atoms with E-state index in [0.29, 0.717) is 42.4 Å². The van der Waals surface area contributed by atoms with Gasteiger partial charge < -0.3 is 37.9 Å². The number of hydrogen-bond acceptors (Lipinski definition) is 11. The molecule has 2 aromatic rings. The van der Waals surface area contributed by atoms with Gasteiger partial charge in [-0.25, -0.2) is 0 Å². The highest BCUT2D eigenvalue weighted by atomic mass is 16.7. The number of methoxy groups -OCH3 is 3. The summed E-state index contributed by atoms with van der Waals surface area (Å²) >= 11 is 0. The second-order valence-corrected chi connectivity index (χ2v) is 12.8. The van der Waals surface area contributed by atoms with Crippen LogP contribution in [0.15, 0.2) is 18.7 Å². The van der Waals surface area contributed by atoms with Gasteiger partial charge in [0.1, 0.15) is 18.4 Å². The minimum absolute atomic E-state index is 0.0783. The maximum Gasteiger partial charge on any atom is 0.231 e. The van der Waals surface area contributed by atoms with Crippen molar-refractivity contribution in [1.82, 2.24) is 9.80 Å². The molecule has 4 heterocycles. The number of benzene rings is 2. The maximum absolute atomic E-state index is 10.9. The quantitative estimate of drug-likeness (QED) is 0.252. The zero-order valence-corrected chi connectivity index (χ0v) is 28.1. The van der Waals surface area contributed by atoms with Crippen LogP contribution in [0.3, 0.4) is 0 Å². The van der Waals surface area contributed by atoms with Gasteiger partial charge in [-0.3, -0.25) is 9.80 Å². The lowest BCUT2D eigenvalue weighted by Crippen LogP contribution is -2.68. The van der Waals surface area contributed by atoms with Crippen LogP contribution < -0.4 is 23.7 Å². The number of likely N-dealkylation sites (N-methyl/N-ethyl adjacent to an activating group) is 1. The Balaban J connectivity index is 1.61. The number of fused-ring (bicyclic) bond motifs is 9. The van der Waals surface area contributed by atoms with E-state index in [9.17, 15) is 5.26 Å². The standard InChI is InChI=1S/C35H45N3O8/c1-10-11-42-31-20(3)32-34(45-18-44-32)28-22(31)14-24-29-27-21(12-19(2)30(40-8)33(27)43-17-39-7)13-23(37(29)6)25(15-36)38(24)26(28)16-46-35(4,5)41-9/h10,12,23-26,29H,1,11,13-14,16-18H2,2-9H3/t23-,24-,25-,26-,29+/m0/s1. The molecule has 2 aromatic carbocycles. The number of nitrogens with zero attached hydrogens (tertiary/aromatic N) is 3. The molecule has 0 unspecified atom stereocenters. The van der Waals surface area contributed by atoms with E-state index in [2.05, 4.69) is 35.6 Å². The fraction of sp³-hybridized carbons (Fsp3) is 0.571. The second-order valence-electron chi connectivity index (χ2n) is 12.8. The van der Waals surface area contributed by atoms with Gasteiger partial charge in [-0.1, -0.05) is 18.7 Å². The Labute approximate surface area is 271 Å². The summed E-state index contributed by atoms with van der Waals surface area (Å²) in [4.78, 5) is 4.69. The Kier molecular flexibility index (Phi) is 8.87. The van der Waals surface area contributed by atoms with Crippen molar-refractivity contribution >= 4 is 0 Å². The Morgan fingerprint density at radius 3 is 2.48 bits per heavy atom. The predicted molar refractivity (Wildman–Crippen MR) is 170 cm³/mol. The van der Waals surface area contributed by atoms with Crippen LogP contribution in [0, 0.1) is 25.2 Å². The minimum atomic E-state index is -0.857. The van der Waals surface area contributed by atoms with Gasteiger partial charge in [-0.2, -0.15) is 5.26 Å². The summed E-state index contributed by atoms with van der Waals surface area (Å²) in [5.74, 6) is 2.60. The van der Waals surface area contributed by atoms with Gasteiger partial charge in [-0.05, 0) is 58.7 Å². The van der Waals surface area contributed by atoms with Crippen LogP contribution in [-0.4, -0.2) is 88.9 Å². The van der Waals surface area contributed by atoms with Crippen LogP contribution in [0.2, 0.25) is 0 Å². The summed E-state index contributed by atoms with van der Waals surface area (Å²) in [5.41, 5.74) is 6.01. The summed E-state index contributed by atoms with van der Waals surface area (Å²) < 4.78 is 48.4. The molecule has 0 aliphatic carbocycles. The summed E-state index contributed by atoms with van der Waals surface area (Å²) in [5, 5.41) is 10.9. The highest BCUT2D eigenvalue weighted by Gasteiger charge is 2.57. The van der Waals surface area contributed by atoms with E-state index in [-0.39, 0.29) is 44.4 Å². The largest absolute Gasteiger partial charge is 0.493 e. The minimum Gasteiger partial charge on any atom is -0.493 e. The van der Waals surface area contributed by atoms with Crippen LogP contribution in [0.1, 0.15) is 59.3 Å². The van der Waals surface area contributed by atoms with Crippen molar-refractivity contribution in [2.24, 2.45) is 0 Å². The number of ether oxygens (including phenoxy) is 8. The van der Waals surface area contributed by atoms with Crippen molar-refractivity contribution in [3.8, 4) is 34.8 Å². The van der Waals surface area contributed by atoms with Gasteiger partial charge in [0, 0.05) is 48.6 Å². The number of piperazine rings is 1. The van der Waals surface area contributed by atoms with Crippen molar-refractivity contribution < 1.29 is 37.9 Å². The van der Waals surface area contributed by atoms with Gasteiger partial charge in [0.05, 0.1) is 31.9 Å². The van der Waals surface area contributed by atoms with Crippen LogP contribution in [0.5, 0.6) is 28.7 Å². The summed E-state index contributed by atoms with van der Waals surface area (Å²) in [6.45, 7) is 12.5. The zero-order valence-electron chi connectivity index (χ0n) is 28.1. The van der Waals surface area contributed by atoms with Crippen molar-refractivity contribution in [3.63, 3.8) is 0 Å². The summed E-state index contributed by atoms with van der Waals surface area (Å²) in [7, 11) is 7.02. The molecule has 0 spiro atoms. The molecule has 4 aliphatic heterocycles. The Bertz CT molecular complexity index is 1550. The van der Waals surface area contributed by atoms with Crippen LogP contribution in [0.4, 0.5) is 0 Å². The molecule has 0 saturated carbocycles. The van der Waals surface area contributed by atoms with Crippen molar-refractivity contribution in [2.45, 2.75) is 76.5 Å². The van der Waals surface area contributed by atoms with Crippen molar-refractivity contribution in [2.75, 3.05) is 55.2 Å². The number of nitriles is 1. The van der Waals surface area contributed by atoms with Gasteiger partial charge in [0.2, 0.25) is 6.79 Å². The highest BCUT2D eigenvalue weighted by Crippen LogP contribution is 2.58. The summed E-state index contributed by atoms with van der Waals surface area (Å²) in [6, 6.07) is 3.67. The Morgan fingerprint density at radius 2 is 1.80 bits per heavy atom. The zero-order chi connectivity index (χ0) is 32.9. The number of aryl methyl sites for hydroxylation is 1. The lowest BCUT2D eigenvalue weighted by molar-refractivity contribution is -0.212. The average molecular weight is 636 g/mol. The van der Waals surface area contributed by atoms with E-state index in [4.69, 9.17) is 37.9 Å². The van der Waals surface area contributed by atoms with Crippen LogP contribution >= 0.6 is 0 Å². The average Bonchev–Trinajstić information content (AvgIpc) is 3.53. The van der Waals surface area contributed by atoms with E-state index in [0.717, 1.165) is 39.1 Å². The molecule has 0 N–H and O–H groups in total. The molecule has 46 heavy (non-hydrogen) atoms. The van der Waals surface area contributed by atoms with E-state index in [1.165, 1.54) is 0 Å². The maximum atomic E-state index is 10.9. The van der Waals surface area contributed by atoms with Crippen molar-refractivity contribution in [3.05, 3.63) is 52.1 Å². The SMILES string of the molecule is C=CCOc1c(C)c2c(c3c1C[C@H]1[C@@H]4c5c(cc(C)c(OC)c5OCOC)C[C@@H]([C@H](C#N)N1[C@H]3COC(C)(C)OC)N4C)OCO2. The topological polar surface area (TPSA) is 104 Å². The van der Waals surface area contributed by atoms with Gasteiger partial charge in [-0.15, -0.1) is 0 Å². The van der Waals surface area contributed by atoms with Gasteiger partial charge in [0.15, 0.2) is 35.6 Å². The fourth-order valence-electron chi connectivity index (χ4n) is 7.90. The molecule has 4 aliphatic rings. The molecule has 0 amide bonds. The first-order chi connectivity index (χ1) is 22.1. The third-order valence-corrected chi connectivity index (χ3v) is 9.99. The van der Waals surface area contributed by atoms with Gasteiger partial charge >= 0.3 is 0 Å². The second kappa shape index (κ2) is 12.6.